The first kappa shape index (κ1) is 23.9. The lowest BCUT2D eigenvalue weighted by atomic mass is 10.1. The number of carbonyl (C=O) groups excluding carboxylic acids is 1. The second kappa shape index (κ2) is 11.2. The molecule has 1 amide bonds. The van der Waals surface area contributed by atoms with Crippen molar-refractivity contribution < 1.29 is 14.3 Å². The van der Waals surface area contributed by atoms with Gasteiger partial charge < -0.3 is 19.8 Å². The van der Waals surface area contributed by atoms with Gasteiger partial charge in [-0.1, -0.05) is 43.3 Å². The van der Waals surface area contributed by atoms with Crippen LogP contribution in [0, 0.1) is 0 Å². The van der Waals surface area contributed by atoms with E-state index in [2.05, 4.69) is 40.7 Å². The van der Waals surface area contributed by atoms with E-state index in [0.29, 0.717) is 29.6 Å². The van der Waals surface area contributed by atoms with E-state index in [1.807, 2.05) is 36.5 Å². The van der Waals surface area contributed by atoms with Gasteiger partial charge in [-0.15, -0.1) is 0 Å². The molecule has 35 heavy (non-hydrogen) atoms. The summed E-state index contributed by atoms with van der Waals surface area (Å²) < 4.78 is 10.6. The highest BCUT2D eigenvalue weighted by molar-refractivity contribution is 6.10. The van der Waals surface area contributed by atoms with Gasteiger partial charge in [0.2, 0.25) is 5.96 Å². The largest absolute Gasteiger partial charge is 0.497 e. The first-order chi connectivity index (χ1) is 17.1. The molecule has 0 aliphatic carbocycles. The summed E-state index contributed by atoms with van der Waals surface area (Å²) in [4.78, 5) is 21.2. The number of anilines is 1. The van der Waals surface area contributed by atoms with Gasteiger partial charge in [0.15, 0.2) is 0 Å². The maximum atomic E-state index is 13.2. The number of amides is 1. The highest BCUT2D eigenvalue weighted by atomic mass is 16.5. The molecule has 3 aromatic carbocycles. The Labute approximate surface area is 205 Å². The molecule has 4 rings (SSSR count). The zero-order valence-corrected chi connectivity index (χ0v) is 20.2. The molecule has 0 saturated heterocycles. The molecule has 0 fully saturated rings. The summed E-state index contributed by atoms with van der Waals surface area (Å²) in [6.45, 7) is 2.59. The van der Waals surface area contributed by atoms with Crippen LogP contribution in [-0.4, -0.2) is 37.6 Å². The molecule has 0 atom stereocenters. The van der Waals surface area contributed by atoms with Crippen LogP contribution in [0.25, 0.3) is 10.9 Å². The number of para-hydroxylation sites is 2. The third kappa shape index (κ3) is 5.81. The summed E-state index contributed by atoms with van der Waals surface area (Å²) in [7, 11) is 3.11. The van der Waals surface area contributed by atoms with E-state index in [4.69, 9.17) is 14.5 Å². The fourth-order valence-corrected chi connectivity index (χ4v) is 3.93. The molecule has 1 aromatic heterocycles. The molecular weight excluding hydrogens is 440 g/mol. The van der Waals surface area contributed by atoms with E-state index >= 15 is 0 Å². The second-order valence-corrected chi connectivity index (χ2v) is 8.03. The third-order valence-electron chi connectivity index (χ3n) is 5.82. The van der Waals surface area contributed by atoms with E-state index in [1.165, 1.54) is 10.9 Å². The number of aromatic nitrogens is 1. The number of ether oxygens (including phenoxy) is 2. The number of H-pyrrole nitrogens is 1. The van der Waals surface area contributed by atoms with Gasteiger partial charge in [0.1, 0.15) is 11.5 Å². The molecule has 0 unspecified atom stereocenters. The summed E-state index contributed by atoms with van der Waals surface area (Å²) in [6.07, 6.45) is 3.60. The average molecular weight is 471 g/mol. The van der Waals surface area contributed by atoms with Crippen molar-refractivity contribution in [2.24, 2.45) is 4.99 Å². The van der Waals surface area contributed by atoms with E-state index in [0.717, 1.165) is 29.6 Å². The van der Waals surface area contributed by atoms with Crippen LogP contribution in [0.4, 0.5) is 5.69 Å². The topological polar surface area (TPSA) is 87.7 Å². The highest BCUT2D eigenvalue weighted by Crippen LogP contribution is 2.23. The number of guanidine groups is 1. The number of aromatic amines is 1. The molecule has 0 aliphatic heterocycles. The molecule has 0 radical (unpaired) electrons. The van der Waals surface area contributed by atoms with Crippen LogP contribution in [-0.2, 0) is 12.8 Å². The SMILES string of the molecule is CCc1ccccc1NC(=NCCc1c[nH]c2ccccc12)NC(=O)c1cc(OC)cc(OC)c1. The summed E-state index contributed by atoms with van der Waals surface area (Å²) in [5.74, 6) is 1.15. The summed E-state index contributed by atoms with van der Waals surface area (Å²) in [5, 5.41) is 7.44. The first-order valence-corrected chi connectivity index (χ1v) is 11.6. The van der Waals surface area contributed by atoms with Gasteiger partial charge in [-0.2, -0.15) is 0 Å². The number of carbonyl (C=O) groups is 1. The minimum Gasteiger partial charge on any atom is -0.497 e. The number of fused-ring (bicyclic) bond motifs is 1. The number of nitrogens with zero attached hydrogens (tertiary/aromatic N) is 1. The number of methoxy groups -OCH3 is 2. The van der Waals surface area contributed by atoms with Crippen LogP contribution in [0.1, 0.15) is 28.4 Å². The second-order valence-electron chi connectivity index (χ2n) is 8.03. The van der Waals surface area contributed by atoms with Gasteiger partial charge in [-0.05, 0) is 48.2 Å². The van der Waals surface area contributed by atoms with Gasteiger partial charge >= 0.3 is 0 Å². The summed E-state index contributed by atoms with van der Waals surface area (Å²) in [6, 6.07) is 21.2. The number of aryl methyl sites for hydroxylation is 1. The van der Waals surface area contributed by atoms with Crippen molar-refractivity contribution in [3.63, 3.8) is 0 Å². The smallest absolute Gasteiger partial charge is 0.258 e. The lowest BCUT2D eigenvalue weighted by Crippen LogP contribution is -2.36. The van der Waals surface area contributed by atoms with Crippen molar-refractivity contribution in [1.82, 2.24) is 10.3 Å². The normalized spacial score (nSPS) is 11.3. The Morgan fingerprint density at radius 3 is 2.40 bits per heavy atom. The molecule has 0 saturated carbocycles. The Bertz CT molecular complexity index is 1320. The maximum absolute atomic E-state index is 13.2. The molecule has 4 aromatic rings. The molecule has 0 aliphatic rings. The van der Waals surface area contributed by atoms with Crippen molar-refractivity contribution in [3.05, 3.63) is 89.6 Å². The number of hydrogen-bond donors (Lipinski definition) is 3. The van der Waals surface area contributed by atoms with Crippen LogP contribution in [0.5, 0.6) is 11.5 Å². The predicted molar refractivity (Wildman–Crippen MR) is 141 cm³/mol. The number of hydrogen-bond acceptors (Lipinski definition) is 4. The van der Waals surface area contributed by atoms with Crippen LogP contribution in [0.15, 0.2) is 77.9 Å². The van der Waals surface area contributed by atoms with Gasteiger partial charge in [0.25, 0.3) is 5.91 Å². The molecule has 0 bridgehead atoms. The van der Waals surface area contributed by atoms with Crippen LogP contribution in [0.2, 0.25) is 0 Å². The zero-order chi connectivity index (χ0) is 24.6. The molecular formula is C28H30N4O3. The van der Waals surface area contributed by atoms with Crippen LogP contribution >= 0.6 is 0 Å². The number of benzene rings is 3. The van der Waals surface area contributed by atoms with Gasteiger partial charge in [-0.3, -0.25) is 15.1 Å². The fraction of sp³-hybridized carbons (Fsp3) is 0.214. The predicted octanol–water partition coefficient (Wildman–Crippen LogP) is 5.19. The summed E-state index contributed by atoms with van der Waals surface area (Å²) in [5.41, 5.74) is 4.73. The Morgan fingerprint density at radius 1 is 0.943 bits per heavy atom. The quantitative estimate of drug-likeness (QED) is 0.244. The average Bonchev–Trinajstić information content (AvgIpc) is 3.31. The van der Waals surface area contributed by atoms with Gasteiger partial charge in [0.05, 0.1) is 14.2 Å². The maximum Gasteiger partial charge on any atom is 0.258 e. The van der Waals surface area contributed by atoms with Gasteiger partial charge in [-0.25, -0.2) is 0 Å². The number of aliphatic imine (C=N–C) groups is 1. The molecule has 0 spiro atoms. The molecule has 1 heterocycles. The Morgan fingerprint density at radius 2 is 1.66 bits per heavy atom. The first-order valence-electron chi connectivity index (χ1n) is 11.6. The minimum absolute atomic E-state index is 0.311. The monoisotopic (exact) mass is 470 g/mol. The van der Waals surface area contributed by atoms with Crippen molar-refractivity contribution >= 4 is 28.5 Å². The van der Waals surface area contributed by atoms with Crippen molar-refractivity contribution in [3.8, 4) is 11.5 Å². The molecule has 7 heteroatoms. The molecule has 180 valence electrons. The van der Waals surface area contributed by atoms with E-state index in [9.17, 15) is 4.79 Å². The van der Waals surface area contributed by atoms with Crippen molar-refractivity contribution in [2.45, 2.75) is 19.8 Å². The number of rotatable bonds is 8. The standard InChI is InChI=1S/C28H30N4O3/c1-4-19-9-5-7-11-25(19)31-28(29-14-13-20-18-30-26-12-8-6-10-24(20)26)32-27(33)21-15-22(34-2)17-23(16-21)35-3/h5-12,15-18,30H,4,13-14H2,1-3H3,(H2,29,31,32,33). The van der Waals surface area contributed by atoms with Crippen molar-refractivity contribution in [1.29, 1.82) is 0 Å². The Balaban J connectivity index is 1.57. The van der Waals surface area contributed by atoms with Crippen LogP contribution in [0.3, 0.4) is 0 Å². The fourth-order valence-electron chi connectivity index (χ4n) is 3.93. The lowest BCUT2D eigenvalue weighted by molar-refractivity contribution is 0.0976. The van der Waals surface area contributed by atoms with E-state index in [1.54, 1.807) is 32.4 Å². The van der Waals surface area contributed by atoms with Gasteiger partial charge in [0, 0.05) is 41.0 Å². The van der Waals surface area contributed by atoms with Crippen LogP contribution < -0.4 is 20.1 Å². The highest BCUT2D eigenvalue weighted by Gasteiger charge is 2.14. The molecule has 7 nitrogen and oxygen atoms in total. The molecule has 3 N–H and O–H groups in total. The lowest BCUT2D eigenvalue weighted by Gasteiger charge is -2.15. The van der Waals surface area contributed by atoms with E-state index in [-0.39, 0.29) is 5.91 Å². The summed E-state index contributed by atoms with van der Waals surface area (Å²) >= 11 is 0. The number of nitrogens with one attached hydrogen (secondary N) is 3. The Hall–Kier alpha value is -4.26. The minimum atomic E-state index is -0.311. The zero-order valence-electron chi connectivity index (χ0n) is 20.2. The van der Waals surface area contributed by atoms with E-state index < -0.39 is 0 Å². The Kier molecular flexibility index (Phi) is 7.67. The van der Waals surface area contributed by atoms with Crippen molar-refractivity contribution in [2.75, 3.05) is 26.1 Å². The third-order valence-corrected chi connectivity index (χ3v) is 5.82.